The van der Waals surface area contributed by atoms with Crippen LogP contribution in [0.2, 0.25) is 0 Å². The zero-order chi connectivity index (χ0) is 10.6. The van der Waals surface area contributed by atoms with Crippen molar-refractivity contribution in [2.45, 2.75) is 6.92 Å². The molecule has 0 aliphatic rings. The highest BCUT2D eigenvalue weighted by Crippen LogP contribution is 2.10. The van der Waals surface area contributed by atoms with Gasteiger partial charge in [0.1, 0.15) is 11.9 Å². The van der Waals surface area contributed by atoms with Gasteiger partial charge in [-0.15, -0.1) is 0 Å². The molecule has 0 N–H and O–H groups in total. The van der Waals surface area contributed by atoms with Gasteiger partial charge in [0.05, 0.1) is 5.56 Å². The first kappa shape index (κ1) is 10.1. The second-order valence-corrected chi connectivity index (χ2v) is 2.67. The molecular formula is C11H8FNO. The summed E-state index contributed by atoms with van der Waals surface area (Å²) in [6.45, 7) is 1.71. The van der Waals surface area contributed by atoms with Crippen LogP contribution in [0.25, 0.3) is 0 Å². The minimum absolute atomic E-state index is 0.111. The van der Waals surface area contributed by atoms with Crippen LogP contribution in [-0.4, -0.2) is 5.78 Å². The minimum Gasteiger partial charge on any atom is -0.289 e. The molecule has 1 aromatic carbocycles. The van der Waals surface area contributed by atoms with Crippen LogP contribution < -0.4 is 0 Å². The van der Waals surface area contributed by atoms with Gasteiger partial charge in [-0.2, -0.15) is 5.26 Å². The Morgan fingerprint density at radius 1 is 1.57 bits per heavy atom. The van der Waals surface area contributed by atoms with E-state index >= 15 is 0 Å². The zero-order valence-corrected chi connectivity index (χ0v) is 7.62. The molecule has 1 rings (SSSR count). The molecule has 0 atom stereocenters. The van der Waals surface area contributed by atoms with Crippen molar-refractivity contribution in [3.63, 3.8) is 0 Å². The van der Waals surface area contributed by atoms with Gasteiger partial charge in [-0.25, -0.2) is 4.39 Å². The normalized spacial score (nSPS) is 10.1. The molecule has 0 amide bonds. The Hall–Kier alpha value is -1.95. The first-order chi connectivity index (χ1) is 6.69. The molecule has 1 aromatic rings. The average Bonchev–Trinajstić information content (AvgIpc) is 2.19. The molecule has 0 fully saturated rings. The van der Waals surface area contributed by atoms with E-state index in [9.17, 15) is 9.18 Å². The topological polar surface area (TPSA) is 40.9 Å². The molecule has 0 spiro atoms. The quantitative estimate of drug-likeness (QED) is 0.529. The molecule has 0 aromatic heterocycles. The van der Waals surface area contributed by atoms with Crippen LogP contribution in [0.1, 0.15) is 22.8 Å². The van der Waals surface area contributed by atoms with Gasteiger partial charge in [0.15, 0.2) is 5.78 Å². The first-order valence-electron chi connectivity index (χ1n) is 4.05. The zero-order valence-electron chi connectivity index (χ0n) is 7.62. The first-order valence-corrected chi connectivity index (χ1v) is 4.05. The molecule has 3 heteroatoms. The molecule has 0 bridgehead atoms. The van der Waals surface area contributed by atoms with Crippen LogP contribution >= 0.6 is 0 Å². The summed E-state index contributed by atoms with van der Waals surface area (Å²) >= 11 is 0. The van der Waals surface area contributed by atoms with Crippen molar-refractivity contribution in [3.8, 4) is 6.07 Å². The predicted octanol–water partition coefficient (Wildman–Crippen LogP) is 2.46. The highest BCUT2D eigenvalue weighted by molar-refractivity contribution is 6.04. The fourth-order valence-electron chi connectivity index (χ4n) is 1.01. The highest BCUT2D eigenvalue weighted by Gasteiger charge is 2.06. The molecule has 14 heavy (non-hydrogen) atoms. The summed E-state index contributed by atoms with van der Waals surface area (Å²) in [6.07, 6.45) is 2.96. The van der Waals surface area contributed by atoms with E-state index in [0.29, 0.717) is 5.56 Å². The Morgan fingerprint density at radius 2 is 2.29 bits per heavy atom. The van der Waals surface area contributed by atoms with E-state index in [0.717, 1.165) is 6.07 Å². The van der Waals surface area contributed by atoms with Crippen molar-refractivity contribution in [1.29, 1.82) is 5.26 Å². The lowest BCUT2D eigenvalue weighted by atomic mass is 10.1. The van der Waals surface area contributed by atoms with Gasteiger partial charge < -0.3 is 0 Å². The SMILES string of the molecule is CC=CC(=O)c1ccc(F)c(C#N)c1. The van der Waals surface area contributed by atoms with Crippen LogP contribution in [0, 0.1) is 17.1 Å². The summed E-state index contributed by atoms with van der Waals surface area (Å²) in [5.41, 5.74) is 0.210. The van der Waals surface area contributed by atoms with E-state index < -0.39 is 5.82 Å². The molecule has 2 nitrogen and oxygen atoms in total. The molecule has 0 radical (unpaired) electrons. The van der Waals surface area contributed by atoms with Crippen molar-refractivity contribution in [2.24, 2.45) is 0 Å². The van der Waals surface area contributed by atoms with Crippen molar-refractivity contribution in [3.05, 3.63) is 47.3 Å². The van der Waals surface area contributed by atoms with E-state index in [1.807, 2.05) is 0 Å². The van der Waals surface area contributed by atoms with Gasteiger partial charge in [-0.05, 0) is 31.2 Å². The van der Waals surface area contributed by atoms with Crippen molar-refractivity contribution in [2.75, 3.05) is 0 Å². The predicted molar refractivity (Wildman–Crippen MR) is 50.3 cm³/mol. The third-order valence-electron chi connectivity index (χ3n) is 1.69. The standard InChI is InChI=1S/C11H8FNO/c1-2-3-11(14)8-4-5-10(12)9(6-8)7-13/h2-6H,1H3. The van der Waals surface area contributed by atoms with Crippen LogP contribution in [0.3, 0.4) is 0 Å². The third-order valence-corrected chi connectivity index (χ3v) is 1.69. The third kappa shape index (κ3) is 2.05. The smallest absolute Gasteiger partial charge is 0.185 e. The molecule has 0 saturated carbocycles. The second-order valence-electron chi connectivity index (χ2n) is 2.67. The number of halogens is 1. The maximum absolute atomic E-state index is 12.9. The van der Waals surface area contributed by atoms with E-state index in [2.05, 4.69) is 0 Å². The number of hydrogen-bond donors (Lipinski definition) is 0. The fourth-order valence-corrected chi connectivity index (χ4v) is 1.01. The van der Waals surface area contributed by atoms with Crippen molar-refractivity contribution in [1.82, 2.24) is 0 Å². The van der Waals surface area contributed by atoms with Gasteiger partial charge in [-0.1, -0.05) is 6.08 Å². The minimum atomic E-state index is -0.607. The molecular weight excluding hydrogens is 181 g/mol. The van der Waals surface area contributed by atoms with E-state index in [4.69, 9.17) is 5.26 Å². The molecule has 0 unspecified atom stereocenters. The summed E-state index contributed by atoms with van der Waals surface area (Å²) in [4.78, 5) is 11.3. The van der Waals surface area contributed by atoms with Crippen LogP contribution in [0.4, 0.5) is 4.39 Å². The average molecular weight is 189 g/mol. The van der Waals surface area contributed by atoms with Crippen LogP contribution in [0.5, 0.6) is 0 Å². The maximum atomic E-state index is 12.9. The number of nitrogens with zero attached hydrogens (tertiary/aromatic N) is 1. The summed E-state index contributed by atoms with van der Waals surface area (Å²) in [7, 11) is 0. The number of nitriles is 1. The molecule has 0 aliphatic heterocycles. The van der Waals surface area contributed by atoms with Gasteiger partial charge in [0.2, 0.25) is 0 Å². The van der Waals surface area contributed by atoms with E-state index in [1.165, 1.54) is 18.2 Å². The number of benzene rings is 1. The molecule has 0 heterocycles. The van der Waals surface area contributed by atoms with Gasteiger partial charge in [0.25, 0.3) is 0 Å². The lowest BCUT2D eigenvalue weighted by Crippen LogP contribution is -1.96. The Morgan fingerprint density at radius 3 is 2.86 bits per heavy atom. The van der Waals surface area contributed by atoms with Gasteiger partial charge in [-0.3, -0.25) is 4.79 Å². The van der Waals surface area contributed by atoms with Gasteiger partial charge >= 0.3 is 0 Å². The number of carbonyl (C=O) groups excluding carboxylic acids is 1. The van der Waals surface area contributed by atoms with Crippen LogP contribution in [-0.2, 0) is 0 Å². The summed E-state index contributed by atoms with van der Waals surface area (Å²) in [5, 5.41) is 8.54. The Labute approximate surface area is 81.3 Å². The van der Waals surface area contributed by atoms with Crippen molar-refractivity contribution < 1.29 is 9.18 Å². The summed E-state index contributed by atoms with van der Waals surface area (Å²) in [5.74, 6) is -0.839. The monoisotopic (exact) mass is 189 g/mol. The Balaban J connectivity index is 3.14. The number of ketones is 1. The number of rotatable bonds is 2. The summed E-state index contributed by atoms with van der Waals surface area (Å²) < 4.78 is 12.9. The number of hydrogen-bond acceptors (Lipinski definition) is 2. The molecule has 70 valence electrons. The van der Waals surface area contributed by atoms with E-state index in [-0.39, 0.29) is 11.3 Å². The maximum Gasteiger partial charge on any atom is 0.185 e. The number of allylic oxidation sites excluding steroid dienone is 2. The largest absolute Gasteiger partial charge is 0.289 e. The second kappa shape index (κ2) is 4.33. The highest BCUT2D eigenvalue weighted by atomic mass is 19.1. The molecule has 0 aliphatic carbocycles. The van der Waals surface area contributed by atoms with Crippen LogP contribution in [0.15, 0.2) is 30.4 Å². The Bertz CT molecular complexity index is 429. The lowest BCUT2D eigenvalue weighted by Gasteiger charge is -1.97. The Kier molecular flexibility index (Phi) is 3.14. The summed E-state index contributed by atoms with van der Waals surface area (Å²) in [6, 6.07) is 5.41. The number of carbonyl (C=O) groups is 1. The van der Waals surface area contributed by atoms with E-state index in [1.54, 1.807) is 19.1 Å². The molecule has 0 saturated heterocycles. The van der Waals surface area contributed by atoms with Gasteiger partial charge in [0, 0.05) is 5.56 Å². The van der Waals surface area contributed by atoms with Crippen molar-refractivity contribution >= 4 is 5.78 Å². The lowest BCUT2D eigenvalue weighted by molar-refractivity contribution is 0.104. The fraction of sp³-hybridized carbons (Fsp3) is 0.0909.